The van der Waals surface area contributed by atoms with Crippen molar-refractivity contribution in [3.05, 3.63) is 65.0 Å². The van der Waals surface area contributed by atoms with Crippen LogP contribution in [0.25, 0.3) is 0 Å². The van der Waals surface area contributed by atoms with Gasteiger partial charge in [0.1, 0.15) is 5.82 Å². The SMILES string of the molecule is CN(C(=O)N(C)[C@@H]1CCN(C(=O)C2CCSCC2)C[C@H]1c1ccc(F)cc1)c1cc(C(F)(F)F)cc(C(F)(F)F)c1. The van der Waals surface area contributed by atoms with E-state index in [1.807, 2.05) is 0 Å². The van der Waals surface area contributed by atoms with E-state index in [0.717, 1.165) is 36.3 Å². The zero-order chi connectivity index (χ0) is 30.1. The molecule has 3 amide bonds. The molecule has 0 bridgehead atoms. The molecule has 2 aromatic carbocycles. The van der Waals surface area contributed by atoms with Gasteiger partial charge < -0.3 is 9.80 Å². The van der Waals surface area contributed by atoms with Gasteiger partial charge in [0.15, 0.2) is 0 Å². The largest absolute Gasteiger partial charge is 0.416 e. The van der Waals surface area contributed by atoms with Gasteiger partial charge in [-0.25, -0.2) is 9.18 Å². The van der Waals surface area contributed by atoms with Crippen LogP contribution < -0.4 is 4.90 Å². The van der Waals surface area contributed by atoms with Gasteiger partial charge in [-0.3, -0.25) is 9.69 Å². The number of urea groups is 1. The van der Waals surface area contributed by atoms with E-state index < -0.39 is 53.0 Å². The van der Waals surface area contributed by atoms with Crippen LogP contribution in [0.3, 0.4) is 0 Å². The van der Waals surface area contributed by atoms with Crippen molar-refractivity contribution in [3.8, 4) is 0 Å². The maximum atomic E-state index is 13.7. The number of likely N-dealkylation sites (N-methyl/N-ethyl adjacent to an activating group) is 1. The number of carbonyl (C=O) groups excluding carboxylic acids is 2. The molecule has 41 heavy (non-hydrogen) atoms. The standard InChI is InChI=1S/C28H30F7N3O2S/c1-36(22-14-19(27(30,31)32)13-20(15-22)28(33,34)35)26(40)37(2)24-7-10-38(25(39)18-8-11-41-12-9-18)16-23(24)17-3-5-21(29)6-4-17/h3-6,13-15,18,23-24H,7-12,16H2,1-2H3/t23-,24+/m0/s1. The van der Waals surface area contributed by atoms with Crippen molar-refractivity contribution in [2.75, 3.05) is 43.6 Å². The lowest BCUT2D eigenvalue weighted by Gasteiger charge is -2.44. The molecule has 2 heterocycles. The third kappa shape index (κ3) is 7.10. The van der Waals surface area contributed by atoms with E-state index in [2.05, 4.69) is 0 Å². The van der Waals surface area contributed by atoms with E-state index in [9.17, 15) is 40.3 Å². The summed E-state index contributed by atoms with van der Waals surface area (Å²) >= 11 is 1.79. The molecule has 5 nitrogen and oxygen atoms in total. The molecular weight excluding hydrogens is 575 g/mol. The van der Waals surface area contributed by atoms with E-state index >= 15 is 0 Å². The predicted molar refractivity (Wildman–Crippen MR) is 142 cm³/mol. The van der Waals surface area contributed by atoms with E-state index in [1.54, 1.807) is 28.8 Å². The van der Waals surface area contributed by atoms with E-state index in [1.165, 1.54) is 24.1 Å². The van der Waals surface area contributed by atoms with Crippen molar-refractivity contribution in [1.29, 1.82) is 0 Å². The summed E-state index contributed by atoms with van der Waals surface area (Å²) in [4.78, 5) is 30.6. The lowest BCUT2D eigenvalue weighted by molar-refractivity contribution is -0.143. The lowest BCUT2D eigenvalue weighted by Crippen LogP contribution is -2.55. The first-order valence-electron chi connectivity index (χ1n) is 13.1. The number of rotatable bonds is 4. The second-order valence-electron chi connectivity index (χ2n) is 10.4. The molecule has 0 aliphatic carbocycles. The fourth-order valence-corrected chi connectivity index (χ4v) is 6.57. The molecule has 4 rings (SSSR count). The van der Waals surface area contributed by atoms with Crippen LogP contribution in [0.1, 0.15) is 41.9 Å². The number of amides is 3. The molecule has 2 fully saturated rings. The minimum absolute atomic E-state index is 0.00777. The van der Waals surface area contributed by atoms with Gasteiger partial charge in [0.25, 0.3) is 0 Å². The molecule has 2 aromatic rings. The Morgan fingerprint density at radius 3 is 1.98 bits per heavy atom. The van der Waals surface area contributed by atoms with Crippen LogP contribution in [0.15, 0.2) is 42.5 Å². The zero-order valence-electron chi connectivity index (χ0n) is 22.4. The summed E-state index contributed by atoms with van der Waals surface area (Å²) in [6, 6.07) is 5.28. The molecule has 224 valence electrons. The number of piperidine rings is 1. The zero-order valence-corrected chi connectivity index (χ0v) is 23.3. The van der Waals surface area contributed by atoms with E-state index in [-0.39, 0.29) is 24.4 Å². The van der Waals surface area contributed by atoms with Gasteiger partial charge in [-0.05, 0) is 66.7 Å². The van der Waals surface area contributed by atoms with Crippen LogP contribution in [0.2, 0.25) is 0 Å². The normalized spacial score (nSPS) is 20.6. The van der Waals surface area contributed by atoms with Crippen molar-refractivity contribution in [3.63, 3.8) is 0 Å². The van der Waals surface area contributed by atoms with Crippen molar-refractivity contribution in [1.82, 2.24) is 9.80 Å². The highest BCUT2D eigenvalue weighted by atomic mass is 32.2. The van der Waals surface area contributed by atoms with E-state index in [4.69, 9.17) is 0 Å². The topological polar surface area (TPSA) is 43.9 Å². The van der Waals surface area contributed by atoms with Gasteiger partial charge >= 0.3 is 18.4 Å². The third-order valence-corrected chi connectivity index (χ3v) is 8.85. The molecule has 13 heteroatoms. The summed E-state index contributed by atoms with van der Waals surface area (Å²) in [7, 11) is 2.54. The van der Waals surface area contributed by atoms with Crippen LogP contribution in [-0.2, 0) is 17.1 Å². The molecule has 2 aliphatic heterocycles. The number of carbonyl (C=O) groups is 2. The Morgan fingerprint density at radius 1 is 0.878 bits per heavy atom. The molecule has 2 aliphatic rings. The number of benzene rings is 2. The Bertz CT molecular complexity index is 1210. The smallest absolute Gasteiger partial charge is 0.342 e. The number of hydrogen-bond acceptors (Lipinski definition) is 3. The molecule has 2 atom stereocenters. The fourth-order valence-electron chi connectivity index (χ4n) is 5.46. The highest BCUT2D eigenvalue weighted by Gasteiger charge is 2.41. The highest BCUT2D eigenvalue weighted by molar-refractivity contribution is 7.99. The molecule has 0 spiro atoms. The minimum atomic E-state index is -5.06. The average Bonchev–Trinajstić information content (AvgIpc) is 2.95. The summed E-state index contributed by atoms with van der Waals surface area (Å²) in [6.45, 7) is 0.565. The number of thioether (sulfide) groups is 1. The Labute approximate surface area is 237 Å². The molecule has 0 saturated carbocycles. The molecule has 0 radical (unpaired) electrons. The Morgan fingerprint density at radius 2 is 1.44 bits per heavy atom. The first kappa shape index (κ1) is 31.0. The highest BCUT2D eigenvalue weighted by Crippen LogP contribution is 2.39. The quantitative estimate of drug-likeness (QED) is 0.357. The summed E-state index contributed by atoms with van der Waals surface area (Å²) < 4.78 is 94.2. The Balaban J connectivity index is 1.61. The number of alkyl halides is 6. The van der Waals surface area contributed by atoms with Crippen molar-refractivity contribution >= 4 is 29.4 Å². The predicted octanol–water partition coefficient (Wildman–Crippen LogP) is 6.88. The van der Waals surface area contributed by atoms with Crippen LogP contribution in [-0.4, -0.2) is 66.5 Å². The molecule has 0 N–H and O–H groups in total. The maximum absolute atomic E-state index is 13.7. The van der Waals surface area contributed by atoms with Crippen molar-refractivity contribution < 1.29 is 40.3 Å². The van der Waals surface area contributed by atoms with Gasteiger partial charge in [-0.1, -0.05) is 12.1 Å². The van der Waals surface area contributed by atoms with Crippen LogP contribution in [0.5, 0.6) is 0 Å². The number of anilines is 1. The van der Waals surface area contributed by atoms with Crippen LogP contribution in [0.4, 0.5) is 41.2 Å². The number of likely N-dealkylation sites (tertiary alicyclic amines) is 1. The summed E-state index contributed by atoms with van der Waals surface area (Å²) in [5, 5.41) is 0. The summed E-state index contributed by atoms with van der Waals surface area (Å²) in [6.07, 6.45) is -8.26. The van der Waals surface area contributed by atoms with E-state index in [0.29, 0.717) is 30.7 Å². The van der Waals surface area contributed by atoms with Gasteiger partial charge in [0.2, 0.25) is 5.91 Å². The fraction of sp³-hybridized carbons (Fsp3) is 0.500. The number of halogens is 7. The van der Waals surface area contributed by atoms with Gasteiger partial charge in [0, 0.05) is 50.7 Å². The minimum Gasteiger partial charge on any atom is -0.342 e. The first-order valence-corrected chi connectivity index (χ1v) is 14.2. The number of nitrogens with zero attached hydrogens (tertiary/aromatic N) is 3. The van der Waals surface area contributed by atoms with Gasteiger partial charge in [-0.15, -0.1) is 0 Å². The summed E-state index contributed by atoms with van der Waals surface area (Å²) in [5.41, 5.74) is -2.96. The van der Waals surface area contributed by atoms with Gasteiger partial charge in [-0.2, -0.15) is 38.1 Å². The van der Waals surface area contributed by atoms with Crippen LogP contribution >= 0.6 is 11.8 Å². The second-order valence-corrected chi connectivity index (χ2v) is 11.6. The second kappa shape index (κ2) is 12.1. The average molecular weight is 606 g/mol. The molecular formula is C28H30F7N3O2S. The first-order chi connectivity index (χ1) is 19.2. The monoisotopic (exact) mass is 605 g/mol. The lowest BCUT2D eigenvalue weighted by atomic mass is 9.84. The van der Waals surface area contributed by atoms with Crippen molar-refractivity contribution in [2.24, 2.45) is 5.92 Å². The summed E-state index contributed by atoms with van der Waals surface area (Å²) in [5.74, 6) is 0.776. The number of hydrogen-bond donors (Lipinski definition) is 0. The van der Waals surface area contributed by atoms with Crippen LogP contribution in [0, 0.1) is 11.7 Å². The Kier molecular flexibility index (Phi) is 9.15. The Hall–Kier alpha value is -2.96. The van der Waals surface area contributed by atoms with Gasteiger partial charge in [0.05, 0.1) is 11.1 Å². The molecule has 0 aromatic heterocycles. The maximum Gasteiger partial charge on any atom is 0.416 e. The van der Waals surface area contributed by atoms with Crippen molar-refractivity contribution in [2.45, 2.75) is 43.6 Å². The molecule has 2 saturated heterocycles. The third-order valence-electron chi connectivity index (χ3n) is 7.80. The molecule has 0 unspecified atom stereocenters.